The van der Waals surface area contributed by atoms with Gasteiger partial charge < -0.3 is 14.9 Å². The van der Waals surface area contributed by atoms with Gasteiger partial charge in [-0.1, -0.05) is 24.3 Å². The van der Waals surface area contributed by atoms with Gasteiger partial charge in [-0.3, -0.25) is 0 Å². The number of phenolic OH excluding ortho intramolecular Hbond substituents is 1. The predicted molar refractivity (Wildman–Crippen MR) is 63.9 cm³/mol. The Bertz CT molecular complexity index is 645. The molecule has 2 aromatic rings. The minimum absolute atomic E-state index is 0.252. The Morgan fingerprint density at radius 3 is 2.44 bits per heavy atom. The van der Waals surface area contributed by atoms with E-state index in [-0.39, 0.29) is 11.1 Å². The monoisotopic (exact) mass is 246 g/mol. The van der Waals surface area contributed by atoms with Crippen LogP contribution in [0, 0.1) is 0 Å². The van der Waals surface area contributed by atoms with E-state index in [1.54, 1.807) is 24.3 Å². The van der Waals surface area contributed by atoms with Gasteiger partial charge in [-0.25, -0.2) is 9.59 Å². The first-order chi connectivity index (χ1) is 8.56. The largest absolute Gasteiger partial charge is 0.507 e. The highest BCUT2D eigenvalue weighted by Crippen LogP contribution is 2.30. The second kappa shape index (κ2) is 4.37. The quantitative estimate of drug-likeness (QED) is 0.792. The minimum Gasteiger partial charge on any atom is -0.507 e. The van der Waals surface area contributed by atoms with Crippen LogP contribution in [0.25, 0.3) is 10.8 Å². The zero-order valence-electron chi connectivity index (χ0n) is 9.51. The topological polar surface area (TPSA) is 83.8 Å². The van der Waals surface area contributed by atoms with E-state index in [4.69, 9.17) is 0 Å². The molecule has 0 saturated carbocycles. The molecule has 2 rings (SSSR count). The van der Waals surface area contributed by atoms with E-state index < -0.39 is 17.7 Å². The van der Waals surface area contributed by atoms with Crippen molar-refractivity contribution in [3.05, 3.63) is 41.5 Å². The van der Waals surface area contributed by atoms with Crippen LogP contribution in [0.3, 0.4) is 0 Å². The summed E-state index contributed by atoms with van der Waals surface area (Å²) >= 11 is 0. The van der Waals surface area contributed by atoms with Crippen molar-refractivity contribution in [2.45, 2.75) is 0 Å². The number of carboxylic acid groups (broad SMARTS) is 1. The van der Waals surface area contributed by atoms with Crippen LogP contribution in [0.1, 0.15) is 20.7 Å². The summed E-state index contributed by atoms with van der Waals surface area (Å²) in [4.78, 5) is 22.8. The van der Waals surface area contributed by atoms with E-state index in [1.165, 1.54) is 6.07 Å². The molecule has 0 atom stereocenters. The van der Waals surface area contributed by atoms with Crippen LogP contribution < -0.4 is 0 Å². The summed E-state index contributed by atoms with van der Waals surface area (Å²) < 4.78 is 4.49. The van der Waals surface area contributed by atoms with Crippen molar-refractivity contribution < 1.29 is 24.5 Å². The van der Waals surface area contributed by atoms with Gasteiger partial charge in [-0.05, 0) is 16.8 Å². The number of carboxylic acids is 1. The Morgan fingerprint density at radius 2 is 1.83 bits per heavy atom. The molecule has 0 saturated heterocycles. The van der Waals surface area contributed by atoms with Gasteiger partial charge >= 0.3 is 11.9 Å². The second-order valence-corrected chi connectivity index (χ2v) is 3.66. The van der Waals surface area contributed by atoms with E-state index in [1.807, 2.05) is 0 Å². The number of hydrogen-bond donors (Lipinski definition) is 2. The molecule has 0 aliphatic heterocycles. The Morgan fingerprint density at radius 1 is 1.17 bits per heavy atom. The maximum Gasteiger partial charge on any atom is 0.342 e. The predicted octanol–water partition coefficient (Wildman–Crippen LogP) is 2.03. The third-order valence-corrected chi connectivity index (χ3v) is 2.63. The highest BCUT2D eigenvalue weighted by atomic mass is 16.5. The lowest BCUT2D eigenvalue weighted by Crippen LogP contribution is -2.11. The number of rotatable bonds is 2. The van der Waals surface area contributed by atoms with Crippen molar-refractivity contribution >= 4 is 22.7 Å². The van der Waals surface area contributed by atoms with Gasteiger partial charge in [0.1, 0.15) is 11.3 Å². The average Bonchev–Trinajstić information content (AvgIpc) is 2.35. The van der Waals surface area contributed by atoms with E-state index in [9.17, 15) is 19.8 Å². The molecule has 5 heteroatoms. The van der Waals surface area contributed by atoms with Crippen LogP contribution in [0.5, 0.6) is 5.75 Å². The molecule has 0 unspecified atom stereocenters. The third kappa shape index (κ3) is 1.75. The Balaban J connectivity index is 2.92. The third-order valence-electron chi connectivity index (χ3n) is 2.63. The van der Waals surface area contributed by atoms with E-state index in [2.05, 4.69) is 4.74 Å². The second-order valence-electron chi connectivity index (χ2n) is 3.66. The van der Waals surface area contributed by atoms with Crippen LogP contribution in [0.15, 0.2) is 30.3 Å². The molecule has 2 N–H and O–H groups in total. The highest BCUT2D eigenvalue weighted by Gasteiger charge is 2.24. The molecular formula is C13H10O5. The lowest BCUT2D eigenvalue weighted by atomic mass is 9.98. The molecule has 5 nitrogen and oxygen atoms in total. The molecular weight excluding hydrogens is 236 g/mol. The summed E-state index contributed by atoms with van der Waals surface area (Å²) in [5.41, 5.74) is -0.582. The van der Waals surface area contributed by atoms with Crippen molar-refractivity contribution in [3.63, 3.8) is 0 Å². The normalized spacial score (nSPS) is 10.3. The fourth-order valence-electron chi connectivity index (χ4n) is 1.86. The van der Waals surface area contributed by atoms with E-state index in [0.717, 1.165) is 7.11 Å². The van der Waals surface area contributed by atoms with Gasteiger partial charge in [-0.2, -0.15) is 0 Å². The molecule has 92 valence electrons. The zero-order valence-corrected chi connectivity index (χ0v) is 9.51. The fraction of sp³-hybridized carbons (Fsp3) is 0.0769. The summed E-state index contributed by atoms with van der Waals surface area (Å²) in [6.07, 6.45) is 0. The molecule has 0 aliphatic carbocycles. The number of benzene rings is 2. The average molecular weight is 246 g/mol. The van der Waals surface area contributed by atoms with Crippen molar-refractivity contribution in [2.75, 3.05) is 7.11 Å². The molecule has 0 amide bonds. The molecule has 0 spiro atoms. The maximum atomic E-state index is 11.6. The van der Waals surface area contributed by atoms with E-state index >= 15 is 0 Å². The molecule has 0 fully saturated rings. The molecule has 0 radical (unpaired) electrons. The first-order valence-electron chi connectivity index (χ1n) is 5.12. The molecule has 0 bridgehead atoms. The zero-order chi connectivity index (χ0) is 13.3. The van der Waals surface area contributed by atoms with Gasteiger partial charge in [0.2, 0.25) is 0 Å². The summed E-state index contributed by atoms with van der Waals surface area (Å²) in [6.45, 7) is 0. The SMILES string of the molecule is COC(=O)c1c(O)cc2ccccc2c1C(=O)O. The number of phenols is 1. The Kier molecular flexibility index (Phi) is 2.89. The summed E-state index contributed by atoms with van der Waals surface area (Å²) in [7, 11) is 1.13. The summed E-state index contributed by atoms with van der Waals surface area (Å²) in [5.74, 6) is -2.57. The van der Waals surface area contributed by atoms with Gasteiger partial charge in [0, 0.05) is 0 Å². The first-order valence-corrected chi connectivity index (χ1v) is 5.12. The number of hydrogen-bond acceptors (Lipinski definition) is 4. The molecule has 0 aromatic heterocycles. The number of esters is 1. The summed E-state index contributed by atoms with van der Waals surface area (Å²) in [6, 6.07) is 7.94. The number of carbonyl (C=O) groups excluding carboxylic acids is 1. The van der Waals surface area contributed by atoms with E-state index in [0.29, 0.717) is 10.8 Å². The number of methoxy groups -OCH3 is 1. The Hall–Kier alpha value is -2.56. The summed E-state index contributed by atoms with van der Waals surface area (Å²) in [5, 5.41) is 19.9. The van der Waals surface area contributed by atoms with Crippen molar-refractivity contribution in [3.8, 4) is 5.75 Å². The van der Waals surface area contributed by atoms with Crippen LogP contribution in [0.2, 0.25) is 0 Å². The molecule has 18 heavy (non-hydrogen) atoms. The Labute approximate surface area is 102 Å². The lowest BCUT2D eigenvalue weighted by Gasteiger charge is -2.10. The number of ether oxygens (including phenoxy) is 1. The van der Waals surface area contributed by atoms with Crippen molar-refractivity contribution in [1.29, 1.82) is 0 Å². The number of fused-ring (bicyclic) bond motifs is 1. The molecule has 2 aromatic carbocycles. The lowest BCUT2D eigenvalue weighted by molar-refractivity contribution is 0.0580. The van der Waals surface area contributed by atoms with Gasteiger partial charge in [0.05, 0.1) is 12.7 Å². The van der Waals surface area contributed by atoms with Gasteiger partial charge in [0.25, 0.3) is 0 Å². The van der Waals surface area contributed by atoms with Crippen LogP contribution in [0.4, 0.5) is 0 Å². The number of aromatic carboxylic acids is 1. The first kappa shape index (κ1) is 11.9. The maximum absolute atomic E-state index is 11.6. The standard InChI is InChI=1S/C13H10O5/c1-18-13(17)11-9(14)6-7-4-2-3-5-8(7)10(11)12(15)16/h2-6,14H,1H3,(H,15,16). The van der Waals surface area contributed by atoms with Crippen LogP contribution in [-0.4, -0.2) is 29.3 Å². The highest BCUT2D eigenvalue weighted by molar-refractivity contribution is 6.13. The van der Waals surface area contributed by atoms with Gasteiger partial charge in [0.15, 0.2) is 0 Å². The van der Waals surface area contributed by atoms with Crippen molar-refractivity contribution in [1.82, 2.24) is 0 Å². The molecule has 0 aliphatic rings. The van der Waals surface area contributed by atoms with Crippen molar-refractivity contribution in [2.24, 2.45) is 0 Å². The van der Waals surface area contributed by atoms with Gasteiger partial charge in [-0.15, -0.1) is 0 Å². The number of aromatic hydroxyl groups is 1. The minimum atomic E-state index is -1.29. The molecule has 0 heterocycles. The smallest absolute Gasteiger partial charge is 0.342 e. The number of carbonyl (C=O) groups is 2. The van der Waals surface area contributed by atoms with Crippen LogP contribution in [-0.2, 0) is 4.74 Å². The van der Waals surface area contributed by atoms with Crippen LogP contribution >= 0.6 is 0 Å². The fourth-order valence-corrected chi connectivity index (χ4v) is 1.86.